The van der Waals surface area contributed by atoms with Crippen LogP contribution < -0.4 is 5.73 Å². The van der Waals surface area contributed by atoms with Crippen LogP contribution in [0.1, 0.15) is 31.4 Å². The van der Waals surface area contributed by atoms with Crippen molar-refractivity contribution in [2.45, 2.75) is 32.7 Å². The lowest BCUT2D eigenvalue weighted by Crippen LogP contribution is -2.19. The minimum atomic E-state index is 0.340. The van der Waals surface area contributed by atoms with Gasteiger partial charge >= 0.3 is 0 Å². The number of benzene rings is 1. The van der Waals surface area contributed by atoms with Gasteiger partial charge in [-0.3, -0.25) is 0 Å². The second kappa shape index (κ2) is 5.83. The van der Waals surface area contributed by atoms with Crippen LogP contribution in [0, 0.1) is 6.92 Å². The van der Waals surface area contributed by atoms with E-state index in [-0.39, 0.29) is 0 Å². The van der Waals surface area contributed by atoms with Crippen LogP contribution in [0.15, 0.2) is 36.8 Å². The minimum Gasteiger partial charge on any atom is -0.328 e. The van der Waals surface area contributed by atoms with E-state index in [1.807, 2.05) is 12.5 Å². The molecule has 3 heteroatoms. The molecule has 0 saturated heterocycles. The van der Waals surface area contributed by atoms with Crippen LogP contribution in [-0.4, -0.2) is 16.1 Å². The van der Waals surface area contributed by atoms with E-state index in [4.69, 9.17) is 5.73 Å². The number of nitrogens with two attached hydrogens (primary N) is 1. The molecule has 0 aliphatic rings. The lowest BCUT2D eigenvalue weighted by molar-refractivity contribution is 0.473. The second-order valence-electron chi connectivity index (χ2n) is 4.68. The molecular formula is C15H21N3. The number of imidazole rings is 1. The summed E-state index contributed by atoms with van der Waals surface area (Å²) in [6.07, 6.45) is 6.05. The van der Waals surface area contributed by atoms with Crippen LogP contribution in [0.2, 0.25) is 0 Å². The Morgan fingerprint density at radius 1 is 1.33 bits per heavy atom. The molecule has 0 aliphatic carbocycles. The maximum atomic E-state index is 5.89. The Morgan fingerprint density at radius 3 is 2.78 bits per heavy atom. The zero-order valence-electron chi connectivity index (χ0n) is 11.1. The summed E-state index contributed by atoms with van der Waals surface area (Å²) in [5.74, 6) is 0. The molecule has 3 nitrogen and oxygen atoms in total. The van der Waals surface area contributed by atoms with Crippen molar-refractivity contribution in [1.29, 1.82) is 0 Å². The molecule has 1 heterocycles. The summed E-state index contributed by atoms with van der Waals surface area (Å²) in [7, 11) is 0. The van der Waals surface area contributed by atoms with Crippen LogP contribution in [0.4, 0.5) is 0 Å². The molecule has 0 radical (unpaired) electrons. The fraction of sp³-hybridized carbons (Fsp3) is 0.400. The highest BCUT2D eigenvalue weighted by Crippen LogP contribution is 2.26. The highest BCUT2D eigenvalue weighted by atomic mass is 15.1. The van der Waals surface area contributed by atoms with Gasteiger partial charge in [0.15, 0.2) is 0 Å². The van der Waals surface area contributed by atoms with Crippen LogP contribution >= 0.6 is 0 Å². The molecule has 0 aliphatic heterocycles. The van der Waals surface area contributed by atoms with Gasteiger partial charge in [-0.1, -0.05) is 37.6 Å². The smallest absolute Gasteiger partial charge is 0.0954 e. The van der Waals surface area contributed by atoms with Crippen molar-refractivity contribution in [2.75, 3.05) is 6.54 Å². The third-order valence-electron chi connectivity index (χ3n) is 3.37. The van der Waals surface area contributed by atoms with E-state index in [1.54, 1.807) is 0 Å². The highest BCUT2D eigenvalue weighted by molar-refractivity contribution is 5.63. The zero-order chi connectivity index (χ0) is 13.0. The monoisotopic (exact) mass is 243 g/mol. The van der Waals surface area contributed by atoms with Gasteiger partial charge in [-0.15, -0.1) is 0 Å². The highest BCUT2D eigenvalue weighted by Gasteiger charge is 2.14. The predicted molar refractivity (Wildman–Crippen MR) is 75.4 cm³/mol. The molecule has 2 rings (SSSR count). The maximum absolute atomic E-state index is 5.89. The van der Waals surface area contributed by atoms with Crippen molar-refractivity contribution in [3.05, 3.63) is 42.4 Å². The molecule has 0 spiro atoms. The Bertz CT molecular complexity index is 502. The number of nitrogens with zero attached hydrogens (tertiary/aromatic N) is 2. The van der Waals surface area contributed by atoms with E-state index in [1.165, 1.54) is 11.1 Å². The minimum absolute atomic E-state index is 0.340. The number of rotatable bonds is 5. The van der Waals surface area contributed by atoms with Gasteiger partial charge in [-0.2, -0.15) is 0 Å². The van der Waals surface area contributed by atoms with Crippen LogP contribution in [0.3, 0.4) is 0 Å². The summed E-state index contributed by atoms with van der Waals surface area (Å²) in [4.78, 5) is 4.30. The van der Waals surface area contributed by atoms with Crippen molar-refractivity contribution in [3.63, 3.8) is 0 Å². The largest absolute Gasteiger partial charge is 0.328 e. The van der Waals surface area contributed by atoms with E-state index in [2.05, 4.69) is 47.7 Å². The summed E-state index contributed by atoms with van der Waals surface area (Å²) in [6, 6.07) is 8.74. The first kappa shape index (κ1) is 12.8. The average Bonchev–Trinajstić information content (AvgIpc) is 2.85. The lowest BCUT2D eigenvalue weighted by atomic mass is 10.1. The third kappa shape index (κ3) is 2.46. The van der Waals surface area contributed by atoms with Crippen molar-refractivity contribution >= 4 is 0 Å². The first-order valence-electron chi connectivity index (χ1n) is 6.55. The quantitative estimate of drug-likeness (QED) is 0.876. The van der Waals surface area contributed by atoms with Gasteiger partial charge in [0.05, 0.1) is 18.2 Å². The molecule has 96 valence electrons. The Balaban J connectivity index is 2.41. The molecule has 1 atom stereocenters. The Hall–Kier alpha value is -1.61. The van der Waals surface area contributed by atoms with Crippen molar-refractivity contribution in [3.8, 4) is 11.3 Å². The predicted octanol–water partition coefficient (Wildman–Crippen LogP) is 3.16. The van der Waals surface area contributed by atoms with Gasteiger partial charge in [-0.25, -0.2) is 4.98 Å². The fourth-order valence-electron chi connectivity index (χ4n) is 2.37. The molecule has 0 fully saturated rings. The Morgan fingerprint density at radius 2 is 2.11 bits per heavy atom. The Kier molecular flexibility index (Phi) is 4.15. The molecule has 1 unspecified atom stereocenters. The van der Waals surface area contributed by atoms with Gasteiger partial charge < -0.3 is 10.3 Å². The van der Waals surface area contributed by atoms with Gasteiger partial charge in [0.1, 0.15) is 0 Å². The molecule has 1 aromatic heterocycles. The van der Waals surface area contributed by atoms with Gasteiger partial charge in [0.25, 0.3) is 0 Å². The van der Waals surface area contributed by atoms with Crippen molar-refractivity contribution in [1.82, 2.24) is 9.55 Å². The number of aromatic nitrogens is 2. The maximum Gasteiger partial charge on any atom is 0.0954 e. The Labute approximate surface area is 109 Å². The number of hydrogen-bond acceptors (Lipinski definition) is 2. The molecule has 1 aromatic carbocycles. The average molecular weight is 243 g/mol. The van der Waals surface area contributed by atoms with Gasteiger partial charge in [-0.05, 0) is 18.9 Å². The van der Waals surface area contributed by atoms with Crippen LogP contribution in [-0.2, 0) is 0 Å². The first-order chi connectivity index (χ1) is 8.77. The van der Waals surface area contributed by atoms with E-state index in [0.29, 0.717) is 12.6 Å². The molecule has 2 aromatic rings. The molecule has 0 saturated carbocycles. The topological polar surface area (TPSA) is 43.8 Å². The first-order valence-corrected chi connectivity index (χ1v) is 6.55. The summed E-state index contributed by atoms with van der Waals surface area (Å²) in [6.45, 7) is 4.97. The third-order valence-corrected chi connectivity index (χ3v) is 3.37. The summed E-state index contributed by atoms with van der Waals surface area (Å²) < 4.78 is 2.21. The van der Waals surface area contributed by atoms with Crippen molar-refractivity contribution in [2.24, 2.45) is 5.73 Å². The normalized spacial score (nSPS) is 12.6. The van der Waals surface area contributed by atoms with E-state index >= 15 is 0 Å². The van der Waals surface area contributed by atoms with E-state index < -0.39 is 0 Å². The number of aryl methyl sites for hydroxylation is 1. The zero-order valence-corrected chi connectivity index (χ0v) is 11.1. The molecule has 2 N–H and O–H groups in total. The van der Waals surface area contributed by atoms with Gasteiger partial charge in [0.2, 0.25) is 0 Å². The van der Waals surface area contributed by atoms with E-state index in [9.17, 15) is 0 Å². The van der Waals surface area contributed by atoms with E-state index in [0.717, 1.165) is 18.5 Å². The molecule has 0 amide bonds. The molecular weight excluding hydrogens is 222 g/mol. The second-order valence-corrected chi connectivity index (χ2v) is 4.68. The lowest BCUT2D eigenvalue weighted by Gasteiger charge is -2.19. The molecule has 0 bridgehead atoms. The fourth-order valence-corrected chi connectivity index (χ4v) is 2.37. The SMILES string of the molecule is CCCC(CN)n1cncc1-c1ccccc1C. The van der Waals surface area contributed by atoms with Crippen molar-refractivity contribution < 1.29 is 0 Å². The summed E-state index contributed by atoms with van der Waals surface area (Å²) >= 11 is 0. The molecule has 18 heavy (non-hydrogen) atoms. The number of hydrogen-bond donors (Lipinski definition) is 1. The standard InChI is InChI=1S/C15H21N3/c1-3-6-13(9-16)18-11-17-10-15(18)14-8-5-4-7-12(14)2/h4-5,7-8,10-11,13H,3,6,9,16H2,1-2H3. The summed E-state index contributed by atoms with van der Waals surface area (Å²) in [5, 5.41) is 0. The van der Waals surface area contributed by atoms with Crippen LogP contribution in [0.5, 0.6) is 0 Å². The summed E-state index contributed by atoms with van der Waals surface area (Å²) in [5.41, 5.74) is 9.56. The van der Waals surface area contributed by atoms with Crippen LogP contribution in [0.25, 0.3) is 11.3 Å². The van der Waals surface area contributed by atoms with Gasteiger partial charge in [0, 0.05) is 18.2 Å².